The van der Waals surface area contributed by atoms with Crippen LogP contribution in [0, 0.1) is 0 Å². The van der Waals surface area contributed by atoms with Crippen LogP contribution in [-0.4, -0.2) is 39.3 Å². The Morgan fingerprint density at radius 2 is 2.06 bits per heavy atom. The molecule has 4 rings (SSSR count). The molecule has 0 atom stereocenters. The molecule has 0 radical (unpaired) electrons. The lowest BCUT2D eigenvalue weighted by Crippen LogP contribution is -2.23. The minimum Gasteiger partial charge on any atom is -0.349 e. The Balaban J connectivity index is 1.54. The summed E-state index contributed by atoms with van der Waals surface area (Å²) in [5.74, 6) is 0.0220. The van der Waals surface area contributed by atoms with E-state index in [1.165, 1.54) is 40.6 Å². The fourth-order valence-electron chi connectivity index (χ4n) is 3.88. The number of amides is 1. The van der Waals surface area contributed by atoms with E-state index in [0.717, 1.165) is 36.8 Å². The summed E-state index contributed by atoms with van der Waals surface area (Å²) in [5, 5.41) is 4.23. The van der Waals surface area contributed by atoms with Crippen LogP contribution in [0.2, 0.25) is 0 Å². The number of aryl methyl sites for hydroxylation is 2. The molecule has 0 saturated heterocycles. The maximum atomic E-state index is 13.1. The first-order chi connectivity index (χ1) is 15.5. The molecule has 3 aromatic rings. The quantitative estimate of drug-likeness (QED) is 0.289. The standard InChI is InChI=1S/C23H27N5O2S2/c1-4-12-28-21(30)19-20(25-22(32-19)27(5-2)6-3)26-23(28)31-14-18(29)24-17-11-10-15-8-7-9-16(15)13-17/h4,10-11,13H,1,5-9,12,14H2,2-3H3,(H,24,29). The Morgan fingerprint density at radius 1 is 1.28 bits per heavy atom. The lowest BCUT2D eigenvalue weighted by atomic mass is 10.1. The number of hydrogen-bond donors (Lipinski definition) is 1. The van der Waals surface area contributed by atoms with Gasteiger partial charge in [0, 0.05) is 25.3 Å². The van der Waals surface area contributed by atoms with Crippen molar-refractivity contribution < 1.29 is 4.79 Å². The van der Waals surface area contributed by atoms with Gasteiger partial charge in [0.2, 0.25) is 5.91 Å². The van der Waals surface area contributed by atoms with Gasteiger partial charge in [-0.3, -0.25) is 14.2 Å². The van der Waals surface area contributed by atoms with Crippen molar-refractivity contribution in [1.82, 2.24) is 14.5 Å². The van der Waals surface area contributed by atoms with Crippen LogP contribution < -0.4 is 15.8 Å². The van der Waals surface area contributed by atoms with E-state index in [1.54, 1.807) is 10.6 Å². The number of allylic oxidation sites excluding steroid dienone is 1. The molecule has 0 saturated carbocycles. The molecule has 168 valence electrons. The van der Waals surface area contributed by atoms with Crippen molar-refractivity contribution in [2.45, 2.75) is 44.8 Å². The van der Waals surface area contributed by atoms with E-state index < -0.39 is 0 Å². The average molecular weight is 470 g/mol. The molecule has 7 nitrogen and oxygen atoms in total. The molecule has 1 N–H and O–H groups in total. The monoisotopic (exact) mass is 469 g/mol. The number of rotatable bonds is 9. The molecular weight excluding hydrogens is 442 g/mol. The normalized spacial score (nSPS) is 12.7. The van der Waals surface area contributed by atoms with E-state index in [9.17, 15) is 9.59 Å². The highest BCUT2D eigenvalue weighted by Gasteiger charge is 2.18. The SMILES string of the molecule is C=CCn1c(SCC(=O)Nc2ccc3c(c2)CCC3)nc2nc(N(CC)CC)sc2c1=O. The zero-order valence-corrected chi connectivity index (χ0v) is 20.0. The molecule has 0 fully saturated rings. The van der Waals surface area contributed by atoms with Crippen molar-refractivity contribution in [3.8, 4) is 0 Å². The smallest absolute Gasteiger partial charge is 0.274 e. The second-order valence-corrected chi connectivity index (χ2v) is 9.51. The number of carbonyl (C=O) groups excluding carboxylic acids is 1. The number of fused-ring (bicyclic) bond motifs is 2. The van der Waals surface area contributed by atoms with Crippen LogP contribution in [0.25, 0.3) is 10.3 Å². The van der Waals surface area contributed by atoms with Crippen molar-refractivity contribution in [1.29, 1.82) is 0 Å². The molecule has 1 aliphatic rings. The van der Waals surface area contributed by atoms with Gasteiger partial charge < -0.3 is 10.2 Å². The van der Waals surface area contributed by atoms with Crippen molar-refractivity contribution >= 4 is 50.2 Å². The number of anilines is 2. The summed E-state index contributed by atoms with van der Waals surface area (Å²) < 4.78 is 2.09. The second-order valence-electron chi connectivity index (χ2n) is 7.59. The summed E-state index contributed by atoms with van der Waals surface area (Å²) in [6.45, 7) is 9.81. The average Bonchev–Trinajstić information content (AvgIpc) is 3.42. The van der Waals surface area contributed by atoms with Crippen LogP contribution >= 0.6 is 23.1 Å². The van der Waals surface area contributed by atoms with Crippen LogP contribution in [0.3, 0.4) is 0 Å². The molecule has 0 unspecified atom stereocenters. The predicted molar refractivity (Wildman–Crippen MR) is 133 cm³/mol. The molecule has 9 heteroatoms. The minimum atomic E-state index is -0.146. The lowest BCUT2D eigenvalue weighted by molar-refractivity contribution is -0.113. The maximum absolute atomic E-state index is 13.1. The van der Waals surface area contributed by atoms with Gasteiger partial charge in [0.25, 0.3) is 5.56 Å². The van der Waals surface area contributed by atoms with E-state index in [0.29, 0.717) is 22.0 Å². The van der Waals surface area contributed by atoms with Gasteiger partial charge in [-0.2, -0.15) is 4.98 Å². The highest BCUT2D eigenvalue weighted by atomic mass is 32.2. The van der Waals surface area contributed by atoms with Gasteiger partial charge in [0.05, 0.1) is 5.75 Å². The van der Waals surface area contributed by atoms with Crippen LogP contribution in [0.5, 0.6) is 0 Å². The molecular formula is C23H27N5O2S2. The number of carbonyl (C=O) groups is 1. The van der Waals surface area contributed by atoms with E-state index in [1.807, 2.05) is 6.07 Å². The number of hydrogen-bond acceptors (Lipinski definition) is 7. The Hall–Kier alpha value is -2.65. The largest absolute Gasteiger partial charge is 0.349 e. The topological polar surface area (TPSA) is 80.1 Å². The zero-order valence-electron chi connectivity index (χ0n) is 18.4. The summed E-state index contributed by atoms with van der Waals surface area (Å²) in [6, 6.07) is 6.11. The van der Waals surface area contributed by atoms with E-state index in [4.69, 9.17) is 0 Å². The third kappa shape index (κ3) is 4.59. The molecule has 1 aromatic carbocycles. The fourth-order valence-corrected chi connectivity index (χ4v) is 5.76. The number of thiazole rings is 1. The summed E-state index contributed by atoms with van der Waals surface area (Å²) in [7, 11) is 0. The molecule has 1 aliphatic carbocycles. The van der Waals surface area contributed by atoms with Crippen molar-refractivity contribution in [2.24, 2.45) is 0 Å². The first-order valence-electron chi connectivity index (χ1n) is 10.9. The number of nitrogens with one attached hydrogen (secondary N) is 1. The molecule has 1 amide bonds. The summed E-state index contributed by atoms with van der Waals surface area (Å²) in [4.78, 5) is 37.0. The first-order valence-corrected chi connectivity index (χ1v) is 12.7. The van der Waals surface area contributed by atoms with Crippen LogP contribution in [0.4, 0.5) is 10.8 Å². The van der Waals surface area contributed by atoms with Gasteiger partial charge >= 0.3 is 0 Å². The minimum absolute atomic E-state index is 0.130. The maximum Gasteiger partial charge on any atom is 0.274 e. The molecule has 0 spiro atoms. The summed E-state index contributed by atoms with van der Waals surface area (Å²) in [5.41, 5.74) is 3.79. The highest BCUT2D eigenvalue weighted by molar-refractivity contribution is 7.99. The van der Waals surface area contributed by atoms with E-state index >= 15 is 0 Å². The number of aromatic nitrogens is 3. The second kappa shape index (κ2) is 9.87. The first kappa shape index (κ1) is 22.5. The number of nitrogens with zero attached hydrogens (tertiary/aromatic N) is 4. The Morgan fingerprint density at radius 3 is 2.81 bits per heavy atom. The molecule has 32 heavy (non-hydrogen) atoms. The van der Waals surface area contributed by atoms with Crippen LogP contribution in [0.1, 0.15) is 31.4 Å². The zero-order chi connectivity index (χ0) is 22.7. The van der Waals surface area contributed by atoms with E-state index in [-0.39, 0.29) is 17.2 Å². The van der Waals surface area contributed by atoms with Gasteiger partial charge in [-0.15, -0.1) is 6.58 Å². The summed E-state index contributed by atoms with van der Waals surface area (Å²) >= 11 is 2.60. The van der Waals surface area contributed by atoms with Gasteiger partial charge in [-0.05, 0) is 56.4 Å². The number of thioether (sulfide) groups is 1. The molecule has 0 bridgehead atoms. The molecule has 0 aliphatic heterocycles. The summed E-state index contributed by atoms with van der Waals surface area (Å²) in [6.07, 6.45) is 5.01. The molecule has 2 heterocycles. The molecule has 2 aromatic heterocycles. The Labute approximate surface area is 195 Å². The van der Waals surface area contributed by atoms with Crippen molar-refractivity contribution in [2.75, 3.05) is 29.1 Å². The van der Waals surface area contributed by atoms with Crippen LogP contribution in [0.15, 0.2) is 40.8 Å². The van der Waals surface area contributed by atoms with Gasteiger partial charge in [0.1, 0.15) is 4.70 Å². The Kier molecular flexibility index (Phi) is 6.95. The fraction of sp³-hybridized carbons (Fsp3) is 0.391. The third-order valence-corrected chi connectivity index (χ3v) is 7.60. The Bertz CT molecular complexity index is 1210. The third-order valence-electron chi connectivity index (χ3n) is 5.53. The van der Waals surface area contributed by atoms with Crippen molar-refractivity contribution in [3.63, 3.8) is 0 Å². The van der Waals surface area contributed by atoms with Crippen LogP contribution in [-0.2, 0) is 24.2 Å². The highest BCUT2D eigenvalue weighted by Crippen LogP contribution is 2.28. The van der Waals surface area contributed by atoms with Gasteiger partial charge in [0.15, 0.2) is 15.9 Å². The number of benzene rings is 1. The van der Waals surface area contributed by atoms with Crippen molar-refractivity contribution in [3.05, 3.63) is 52.3 Å². The van der Waals surface area contributed by atoms with Gasteiger partial charge in [-0.25, -0.2) is 4.98 Å². The predicted octanol–water partition coefficient (Wildman–Crippen LogP) is 4.10. The van der Waals surface area contributed by atoms with Gasteiger partial charge in [-0.1, -0.05) is 35.2 Å². The van der Waals surface area contributed by atoms with E-state index in [2.05, 4.69) is 52.7 Å². The lowest BCUT2D eigenvalue weighted by Gasteiger charge is -2.15.